The lowest BCUT2D eigenvalue weighted by molar-refractivity contribution is -0.143. The first-order valence-corrected chi connectivity index (χ1v) is 9.09. The number of alkyl halides is 3. The summed E-state index contributed by atoms with van der Waals surface area (Å²) in [5, 5.41) is 3.32. The first kappa shape index (κ1) is 23.5. The van der Waals surface area contributed by atoms with Crippen LogP contribution >= 0.6 is 39.9 Å². The molecule has 0 spiro atoms. The van der Waals surface area contributed by atoms with Crippen molar-refractivity contribution in [3.63, 3.8) is 0 Å². The molecule has 1 aromatic heterocycles. The molecule has 0 saturated carbocycles. The number of nitrogens with zero attached hydrogens (tertiary/aromatic N) is 4. The SMILES string of the molecule is CCN=C(NC1CCN(CC(F)(F)F)C1)N(C)Cc1cc(Br)cn1C.I. The Morgan fingerprint density at radius 1 is 1.46 bits per heavy atom. The number of hydrogen-bond donors (Lipinski definition) is 1. The highest BCUT2D eigenvalue weighted by Crippen LogP contribution is 2.20. The minimum Gasteiger partial charge on any atom is -0.352 e. The van der Waals surface area contributed by atoms with Gasteiger partial charge in [0.2, 0.25) is 0 Å². The summed E-state index contributed by atoms with van der Waals surface area (Å²) in [6.07, 6.45) is -1.48. The number of likely N-dealkylation sites (tertiary alicyclic amines) is 1. The van der Waals surface area contributed by atoms with Crippen LogP contribution in [0.2, 0.25) is 0 Å². The van der Waals surface area contributed by atoms with Crippen LogP contribution in [-0.4, -0.2) is 65.8 Å². The van der Waals surface area contributed by atoms with Crippen LogP contribution in [0.3, 0.4) is 0 Å². The summed E-state index contributed by atoms with van der Waals surface area (Å²) in [5.41, 5.74) is 1.12. The molecule has 2 heterocycles. The molecule has 0 radical (unpaired) electrons. The zero-order chi connectivity index (χ0) is 18.6. The van der Waals surface area contributed by atoms with Gasteiger partial charge in [-0.25, -0.2) is 0 Å². The first-order chi connectivity index (χ1) is 11.7. The molecule has 0 aromatic carbocycles. The number of rotatable bonds is 5. The van der Waals surface area contributed by atoms with Crippen LogP contribution in [-0.2, 0) is 13.6 Å². The Labute approximate surface area is 178 Å². The van der Waals surface area contributed by atoms with E-state index in [9.17, 15) is 13.2 Å². The molecule has 1 aromatic rings. The number of nitrogens with one attached hydrogen (secondary N) is 1. The van der Waals surface area contributed by atoms with Crippen molar-refractivity contribution >= 4 is 45.9 Å². The summed E-state index contributed by atoms with van der Waals surface area (Å²) >= 11 is 3.46. The topological polar surface area (TPSA) is 35.8 Å². The van der Waals surface area contributed by atoms with Crippen molar-refractivity contribution in [1.29, 1.82) is 0 Å². The predicted octanol–water partition coefficient (Wildman–Crippen LogP) is 3.44. The molecule has 150 valence electrons. The Balaban J connectivity index is 0.00000338. The highest BCUT2D eigenvalue weighted by Gasteiger charge is 2.34. The first-order valence-electron chi connectivity index (χ1n) is 8.30. The molecule has 26 heavy (non-hydrogen) atoms. The number of hydrogen-bond acceptors (Lipinski definition) is 2. The predicted molar refractivity (Wildman–Crippen MR) is 112 cm³/mol. The second kappa shape index (κ2) is 10.2. The molecule has 10 heteroatoms. The molecule has 0 amide bonds. The van der Waals surface area contributed by atoms with Gasteiger partial charge in [-0.1, -0.05) is 0 Å². The molecule has 1 atom stereocenters. The van der Waals surface area contributed by atoms with Crippen molar-refractivity contribution in [2.24, 2.45) is 12.0 Å². The Morgan fingerprint density at radius 3 is 2.69 bits per heavy atom. The summed E-state index contributed by atoms with van der Waals surface area (Å²) in [5.74, 6) is 0.721. The van der Waals surface area contributed by atoms with Crippen molar-refractivity contribution in [3.8, 4) is 0 Å². The number of aromatic nitrogens is 1. The van der Waals surface area contributed by atoms with E-state index >= 15 is 0 Å². The minimum atomic E-state index is -4.15. The monoisotopic (exact) mass is 551 g/mol. The fourth-order valence-electron chi connectivity index (χ4n) is 3.00. The zero-order valence-electron chi connectivity index (χ0n) is 15.2. The van der Waals surface area contributed by atoms with Crippen LogP contribution in [0, 0.1) is 0 Å². The van der Waals surface area contributed by atoms with Crippen LogP contribution in [0.5, 0.6) is 0 Å². The van der Waals surface area contributed by atoms with Gasteiger partial charge in [-0.15, -0.1) is 24.0 Å². The summed E-state index contributed by atoms with van der Waals surface area (Å²) < 4.78 is 40.6. The smallest absolute Gasteiger partial charge is 0.352 e. The van der Waals surface area contributed by atoms with Gasteiger partial charge in [0.15, 0.2) is 5.96 Å². The van der Waals surface area contributed by atoms with Gasteiger partial charge in [-0.3, -0.25) is 9.89 Å². The van der Waals surface area contributed by atoms with Crippen LogP contribution in [0.1, 0.15) is 19.0 Å². The van der Waals surface area contributed by atoms with E-state index in [-0.39, 0.29) is 30.0 Å². The molecule has 0 aliphatic carbocycles. The lowest BCUT2D eigenvalue weighted by Crippen LogP contribution is -2.46. The molecule has 1 aliphatic rings. The van der Waals surface area contributed by atoms with Crippen LogP contribution in [0.25, 0.3) is 0 Å². The number of halogens is 5. The minimum absolute atomic E-state index is 0. The second-order valence-electron chi connectivity index (χ2n) is 6.39. The molecular formula is C16H26BrF3IN5. The summed E-state index contributed by atoms with van der Waals surface area (Å²) in [7, 11) is 3.91. The van der Waals surface area contributed by atoms with Crippen molar-refractivity contribution in [1.82, 2.24) is 19.7 Å². The molecule has 1 fully saturated rings. The third kappa shape index (κ3) is 7.26. The maximum absolute atomic E-state index is 12.5. The van der Waals surface area contributed by atoms with Gasteiger partial charge in [-0.2, -0.15) is 13.2 Å². The maximum Gasteiger partial charge on any atom is 0.401 e. The van der Waals surface area contributed by atoms with E-state index in [1.165, 1.54) is 4.90 Å². The second-order valence-corrected chi connectivity index (χ2v) is 7.31. The molecule has 1 N–H and O–H groups in total. The standard InChI is InChI=1S/C16H25BrF3N5.HI/c1-4-21-15(24(3)10-14-7-12(17)8-23(14)2)22-13-5-6-25(9-13)11-16(18,19)20;/h7-8,13H,4-6,9-11H2,1-3H3,(H,21,22);1H. The zero-order valence-corrected chi connectivity index (χ0v) is 19.1. The van der Waals surface area contributed by atoms with Crippen molar-refractivity contribution < 1.29 is 13.2 Å². The van der Waals surface area contributed by atoms with E-state index in [0.29, 0.717) is 32.6 Å². The van der Waals surface area contributed by atoms with Gasteiger partial charge < -0.3 is 14.8 Å². The third-order valence-corrected chi connectivity index (χ3v) is 4.59. The van der Waals surface area contributed by atoms with Crippen molar-refractivity contribution in [2.75, 3.05) is 33.2 Å². The average molecular weight is 552 g/mol. The van der Waals surface area contributed by atoms with E-state index in [1.54, 1.807) is 0 Å². The third-order valence-electron chi connectivity index (χ3n) is 4.15. The van der Waals surface area contributed by atoms with Crippen molar-refractivity contribution in [2.45, 2.75) is 32.1 Å². The van der Waals surface area contributed by atoms with Crippen LogP contribution in [0.4, 0.5) is 13.2 Å². The fraction of sp³-hybridized carbons (Fsp3) is 0.688. The summed E-state index contributed by atoms with van der Waals surface area (Å²) in [6.45, 7) is 3.20. The molecule has 0 bridgehead atoms. The van der Waals surface area contributed by atoms with Gasteiger partial charge in [0.05, 0.1) is 13.1 Å². The van der Waals surface area contributed by atoms with Crippen molar-refractivity contribution in [3.05, 3.63) is 22.4 Å². The molecule has 5 nitrogen and oxygen atoms in total. The van der Waals surface area contributed by atoms with Gasteiger partial charge in [0, 0.05) is 56.1 Å². The number of aryl methyl sites for hydroxylation is 1. The Hall–Kier alpha value is -0.490. The van der Waals surface area contributed by atoms with Gasteiger partial charge >= 0.3 is 6.18 Å². The highest BCUT2D eigenvalue weighted by atomic mass is 127. The largest absolute Gasteiger partial charge is 0.401 e. The summed E-state index contributed by atoms with van der Waals surface area (Å²) in [6, 6.07) is 2.02. The number of guanidine groups is 1. The highest BCUT2D eigenvalue weighted by molar-refractivity contribution is 14.0. The Bertz CT molecular complexity index is 605. The van der Waals surface area contributed by atoms with Crippen LogP contribution in [0.15, 0.2) is 21.7 Å². The van der Waals surface area contributed by atoms with Crippen LogP contribution < -0.4 is 5.32 Å². The Kier molecular flexibility index (Phi) is 9.21. The molecule has 1 unspecified atom stereocenters. The molecule has 1 saturated heterocycles. The number of aliphatic imine (C=N–C) groups is 1. The Morgan fingerprint density at radius 2 is 2.15 bits per heavy atom. The molecular weight excluding hydrogens is 526 g/mol. The fourth-order valence-corrected chi connectivity index (χ4v) is 3.57. The normalized spacial score (nSPS) is 18.7. The van der Waals surface area contributed by atoms with E-state index in [4.69, 9.17) is 0 Å². The van der Waals surface area contributed by atoms with E-state index in [0.717, 1.165) is 16.1 Å². The maximum atomic E-state index is 12.5. The van der Waals surface area contributed by atoms with E-state index in [1.807, 2.05) is 42.7 Å². The average Bonchev–Trinajstić information content (AvgIpc) is 3.03. The van der Waals surface area contributed by atoms with E-state index < -0.39 is 12.7 Å². The van der Waals surface area contributed by atoms with E-state index in [2.05, 4.69) is 26.2 Å². The van der Waals surface area contributed by atoms with Gasteiger partial charge in [0.1, 0.15) is 0 Å². The quantitative estimate of drug-likeness (QED) is 0.346. The lowest BCUT2D eigenvalue weighted by atomic mass is 10.2. The molecule has 1 aliphatic heterocycles. The molecule has 2 rings (SSSR count). The van der Waals surface area contributed by atoms with Gasteiger partial charge in [0.25, 0.3) is 0 Å². The van der Waals surface area contributed by atoms with Gasteiger partial charge in [-0.05, 0) is 35.3 Å². The lowest BCUT2D eigenvalue weighted by Gasteiger charge is -2.26. The summed E-state index contributed by atoms with van der Waals surface area (Å²) in [4.78, 5) is 7.93.